The Bertz CT molecular complexity index is 336. The summed E-state index contributed by atoms with van der Waals surface area (Å²) in [5, 5.41) is 7.00. The molecule has 0 fully saturated rings. The van der Waals surface area contributed by atoms with Crippen molar-refractivity contribution in [2.45, 2.75) is 45.8 Å². The largest absolute Gasteiger partial charge is 0.350 e. The first-order valence-electron chi connectivity index (χ1n) is 6.08. The van der Waals surface area contributed by atoms with Gasteiger partial charge in [0.25, 0.3) is 0 Å². The van der Waals surface area contributed by atoms with Gasteiger partial charge in [-0.3, -0.25) is 9.48 Å². The zero-order valence-corrected chi connectivity index (χ0v) is 10.8. The zero-order chi connectivity index (χ0) is 12.8. The van der Waals surface area contributed by atoms with Crippen molar-refractivity contribution in [1.82, 2.24) is 15.1 Å². The first kappa shape index (κ1) is 13.7. The second-order valence-electron chi connectivity index (χ2n) is 4.55. The summed E-state index contributed by atoms with van der Waals surface area (Å²) in [5.41, 5.74) is 5.86. The number of hydrogen-bond acceptors (Lipinski definition) is 3. The van der Waals surface area contributed by atoms with Gasteiger partial charge in [0.2, 0.25) is 5.91 Å². The molecule has 0 radical (unpaired) electrons. The molecule has 0 spiro atoms. The van der Waals surface area contributed by atoms with Crippen LogP contribution in [-0.2, 0) is 11.3 Å². The van der Waals surface area contributed by atoms with E-state index in [1.165, 1.54) is 0 Å². The summed E-state index contributed by atoms with van der Waals surface area (Å²) in [6.07, 6.45) is 4.50. The minimum Gasteiger partial charge on any atom is -0.350 e. The fourth-order valence-corrected chi connectivity index (χ4v) is 1.59. The third kappa shape index (κ3) is 4.19. The molecule has 0 bridgehead atoms. The highest BCUT2D eigenvalue weighted by atomic mass is 16.2. The van der Waals surface area contributed by atoms with E-state index in [0.717, 1.165) is 6.42 Å². The maximum atomic E-state index is 11.8. The quantitative estimate of drug-likeness (QED) is 0.768. The normalized spacial score (nSPS) is 16.2. The summed E-state index contributed by atoms with van der Waals surface area (Å²) < 4.78 is 1.79. The summed E-state index contributed by atoms with van der Waals surface area (Å²) >= 11 is 0. The van der Waals surface area contributed by atoms with Gasteiger partial charge in [-0.15, -0.1) is 0 Å². The minimum atomic E-state index is -0.430. The van der Waals surface area contributed by atoms with E-state index in [2.05, 4.69) is 10.4 Å². The number of aromatic nitrogens is 2. The lowest BCUT2D eigenvalue weighted by Gasteiger charge is -2.21. The van der Waals surface area contributed by atoms with E-state index >= 15 is 0 Å². The van der Waals surface area contributed by atoms with Crippen LogP contribution in [0.4, 0.5) is 0 Å². The van der Waals surface area contributed by atoms with Crippen molar-refractivity contribution in [3.63, 3.8) is 0 Å². The predicted octanol–water partition coefficient (Wildman–Crippen LogP) is 0.761. The van der Waals surface area contributed by atoms with E-state index in [-0.39, 0.29) is 17.9 Å². The van der Waals surface area contributed by atoms with Crippen LogP contribution in [0.5, 0.6) is 0 Å². The lowest BCUT2D eigenvalue weighted by Crippen LogP contribution is -2.48. The van der Waals surface area contributed by atoms with Crippen molar-refractivity contribution < 1.29 is 4.79 Å². The summed E-state index contributed by atoms with van der Waals surface area (Å²) in [6, 6.07) is 1.46. The van der Waals surface area contributed by atoms with Gasteiger partial charge in [-0.2, -0.15) is 5.10 Å². The molecule has 0 saturated heterocycles. The number of rotatable bonds is 6. The van der Waals surface area contributed by atoms with Gasteiger partial charge in [0.05, 0.1) is 12.6 Å². The van der Waals surface area contributed by atoms with Crippen LogP contribution in [0, 0.1) is 5.92 Å². The first-order valence-corrected chi connectivity index (χ1v) is 6.08. The zero-order valence-electron chi connectivity index (χ0n) is 10.8. The number of amides is 1. The van der Waals surface area contributed by atoms with Crippen LogP contribution in [0.3, 0.4) is 0 Å². The number of hydrogen-bond donors (Lipinski definition) is 2. The number of nitrogens with zero attached hydrogens (tertiary/aromatic N) is 2. The Hall–Kier alpha value is -1.36. The Morgan fingerprint density at radius 3 is 2.76 bits per heavy atom. The topological polar surface area (TPSA) is 72.9 Å². The van der Waals surface area contributed by atoms with Crippen LogP contribution in [0.2, 0.25) is 0 Å². The van der Waals surface area contributed by atoms with Gasteiger partial charge in [0, 0.05) is 18.4 Å². The Labute approximate surface area is 102 Å². The number of carbonyl (C=O) groups excluding carboxylic acids is 1. The van der Waals surface area contributed by atoms with E-state index in [4.69, 9.17) is 5.73 Å². The van der Waals surface area contributed by atoms with E-state index in [1.54, 1.807) is 10.9 Å². The summed E-state index contributed by atoms with van der Waals surface area (Å²) in [5.74, 6) is 0.117. The van der Waals surface area contributed by atoms with Gasteiger partial charge in [-0.05, 0) is 18.9 Å². The molecule has 5 nitrogen and oxygen atoms in total. The molecule has 3 N–H and O–H groups in total. The van der Waals surface area contributed by atoms with E-state index in [1.807, 2.05) is 33.0 Å². The van der Waals surface area contributed by atoms with E-state index < -0.39 is 6.04 Å². The standard InChI is InChI=1S/C12H22N4O/c1-4-9(2)11(13)12(17)15-10(3)8-16-7-5-6-14-16/h5-7,9-11H,4,8,13H2,1-3H3,(H,15,17)/t9?,10?,11-/m0/s1. The van der Waals surface area contributed by atoms with Gasteiger partial charge < -0.3 is 11.1 Å². The van der Waals surface area contributed by atoms with Crippen LogP contribution in [0.1, 0.15) is 27.2 Å². The Morgan fingerprint density at radius 2 is 2.24 bits per heavy atom. The van der Waals surface area contributed by atoms with Crippen LogP contribution in [0.25, 0.3) is 0 Å². The average Bonchev–Trinajstić information content (AvgIpc) is 2.79. The SMILES string of the molecule is CCC(C)[C@H](N)C(=O)NC(C)Cn1cccn1. The molecule has 0 aliphatic heterocycles. The Kier molecular flexibility index (Phi) is 5.15. The Balaban J connectivity index is 2.40. The molecule has 1 amide bonds. The van der Waals surface area contributed by atoms with Crippen LogP contribution >= 0.6 is 0 Å². The summed E-state index contributed by atoms with van der Waals surface area (Å²) in [6.45, 7) is 6.63. The molecule has 1 heterocycles. The molecule has 5 heteroatoms. The lowest BCUT2D eigenvalue weighted by atomic mass is 9.99. The molecule has 17 heavy (non-hydrogen) atoms. The van der Waals surface area contributed by atoms with Crippen molar-refractivity contribution in [2.75, 3.05) is 0 Å². The molecule has 1 aromatic rings. The molecule has 3 atom stereocenters. The maximum Gasteiger partial charge on any atom is 0.237 e. The predicted molar refractivity (Wildman–Crippen MR) is 67.3 cm³/mol. The van der Waals surface area contributed by atoms with Crippen molar-refractivity contribution in [3.8, 4) is 0 Å². The second-order valence-corrected chi connectivity index (χ2v) is 4.55. The van der Waals surface area contributed by atoms with Crippen LogP contribution in [-0.4, -0.2) is 27.8 Å². The van der Waals surface area contributed by atoms with Gasteiger partial charge in [-0.1, -0.05) is 20.3 Å². The maximum absolute atomic E-state index is 11.8. The van der Waals surface area contributed by atoms with Crippen LogP contribution < -0.4 is 11.1 Å². The van der Waals surface area contributed by atoms with E-state index in [0.29, 0.717) is 6.54 Å². The molecule has 2 unspecified atom stereocenters. The highest BCUT2D eigenvalue weighted by molar-refractivity contribution is 5.81. The molecule has 0 aliphatic carbocycles. The number of carbonyl (C=O) groups is 1. The minimum absolute atomic E-state index is 0.0255. The van der Waals surface area contributed by atoms with E-state index in [9.17, 15) is 4.79 Å². The molecule has 1 aromatic heterocycles. The average molecular weight is 238 g/mol. The van der Waals surface area contributed by atoms with Gasteiger partial charge in [0.15, 0.2) is 0 Å². The van der Waals surface area contributed by atoms with Gasteiger partial charge >= 0.3 is 0 Å². The highest BCUT2D eigenvalue weighted by Crippen LogP contribution is 2.05. The molecular weight excluding hydrogens is 216 g/mol. The van der Waals surface area contributed by atoms with Crippen molar-refractivity contribution in [3.05, 3.63) is 18.5 Å². The van der Waals surface area contributed by atoms with Crippen molar-refractivity contribution >= 4 is 5.91 Å². The molecule has 0 aliphatic rings. The van der Waals surface area contributed by atoms with Gasteiger partial charge in [-0.25, -0.2) is 0 Å². The first-order chi connectivity index (χ1) is 8.04. The van der Waals surface area contributed by atoms with Crippen molar-refractivity contribution in [1.29, 1.82) is 0 Å². The van der Waals surface area contributed by atoms with Gasteiger partial charge in [0.1, 0.15) is 0 Å². The molecule has 1 rings (SSSR count). The number of nitrogens with one attached hydrogen (secondary N) is 1. The smallest absolute Gasteiger partial charge is 0.237 e. The summed E-state index contributed by atoms with van der Waals surface area (Å²) in [7, 11) is 0. The molecule has 0 aromatic carbocycles. The summed E-state index contributed by atoms with van der Waals surface area (Å²) in [4.78, 5) is 11.8. The Morgan fingerprint density at radius 1 is 1.53 bits per heavy atom. The lowest BCUT2D eigenvalue weighted by molar-refractivity contribution is -0.124. The molecule has 0 saturated carbocycles. The van der Waals surface area contributed by atoms with Crippen LogP contribution in [0.15, 0.2) is 18.5 Å². The third-order valence-electron chi connectivity index (χ3n) is 2.97. The molecule has 96 valence electrons. The molecular formula is C12H22N4O. The number of nitrogens with two attached hydrogens (primary N) is 1. The fraction of sp³-hybridized carbons (Fsp3) is 0.667. The van der Waals surface area contributed by atoms with Crippen molar-refractivity contribution in [2.24, 2.45) is 11.7 Å². The monoisotopic (exact) mass is 238 g/mol. The fourth-order valence-electron chi connectivity index (χ4n) is 1.59. The highest BCUT2D eigenvalue weighted by Gasteiger charge is 2.20. The second kappa shape index (κ2) is 6.39. The third-order valence-corrected chi connectivity index (χ3v) is 2.97.